The fourth-order valence-electron chi connectivity index (χ4n) is 2.40. The molecule has 4 nitrogen and oxygen atoms in total. The van der Waals surface area contributed by atoms with Gasteiger partial charge in [-0.05, 0) is 12.0 Å². The Morgan fingerprint density at radius 2 is 2.12 bits per heavy atom. The fraction of sp³-hybridized carbons (Fsp3) is 0.462. The molecule has 0 amide bonds. The van der Waals surface area contributed by atoms with E-state index in [9.17, 15) is 9.90 Å². The SMILES string of the molecule is CC1CN(Cc2ccccc2O)CC1C(=O)O. The maximum absolute atomic E-state index is 11.0. The lowest BCUT2D eigenvalue weighted by Gasteiger charge is -2.15. The van der Waals surface area contributed by atoms with Crippen LogP contribution >= 0.6 is 0 Å². The minimum absolute atomic E-state index is 0.165. The highest BCUT2D eigenvalue weighted by Gasteiger charge is 2.34. The van der Waals surface area contributed by atoms with Crippen molar-refractivity contribution < 1.29 is 15.0 Å². The molecule has 4 heteroatoms. The normalized spacial score (nSPS) is 25.0. The molecule has 1 aliphatic heterocycles. The highest BCUT2D eigenvalue weighted by atomic mass is 16.4. The summed E-state index contributed by atoms with van der Waals surface area (Å²) in [6, 6.07) is 7.19. The van der Waals surface area contributed by atoms with Crippen molar-refractivity contribution >= 4 is 5.97 Å². The van der Waals surface area contributed by atoms with Gasteiger partial charge in [0.1, 0.15) is 5.75 Å². The fourth-order valence-corrected chi connectivity index (χ4v) is 2.40. The van der Waals surface area contributed by atoms with Gasteiger partial charge in [-0.2, -0.15) is 0 Å². The monoisotopic (exact) mass is 235 g/mol. The van der Waals surface area contributed by atoms with Crippen LogP contribution in [0.25, 0.3) is 0 Å². The highest BCUT2D eigenvalue weighted by Crippen LogP contribution is 2.26. The second-order valence-corrected chi connectivity index (χ2v) is 4.74. The molecular weight excluding hydrogens is 218 g/mol. The van der Waals surface area contributed by atoms with E-state index in [0.717, 1.165) is 12.1 Å². The molecule has 1 aliphatic rings. The van der Waals surface area contributed by atoms with E-state index in [1.165, 1.54) is 0 Å². The first-order chi connectivity index (χ1) is 8.08. The first kappa shape index (κ1) is 11.9. The second-order valence-electron chi connectivity index (χ2n) is 4.74. The maximum atomic E-state index is 11.0. The summed E-state index contributed by atoms with van der Waals surface area (Å²) in [5, 5.41) is 18.7. The molecule has 2 unspecified atom stereocenters. The van der Waals surface area contributed by atoms with Crippen LogP contribution in [0.3, 0.4) is 0 Å². The lowest BCUT2D eigenvalue weighted by Crippen LogP contribution is -2.23. The Bertz CT molecular complexity index is 419. The number of aliphatic carboxylic acids is 1. The van der Waals surface area contributed by atoms with Crippen molar-refractivity contribution in [2.75, 3.05) is 13.1 Å². The molecule has 1 saturated heterocycles. The second kappa shape index (κ2) is 4.75. The van der Waals surface area contributed by atoms with Gasteiger partial charge in [-0.3, -0.25) is 9.69 Å². The van der Waals surface area contributed by atoms with Gasteiger partial charge in [0.2, 0.25) is 0 Å². The van der Waals surface area contributed by atoms with Crippen LogP contribution < -0.4 is 0 Å². The quantitative estimate of drug-likeness (QED) is 0.834. The molecule has 0 saturated carbocycles. The summed E-state index contributed by atoms with van der Waals surface area (Å²) < 4.78 is 0. The summed E-state index contributed by atoms with van der Waals surface area (Å²) in [6.07, 6.45) is 0. The van der Waals surface area contributed by atoms with Crippen molar-refractivity contribution in [3.05, 3.63) is 29.8 Å². The highest BCUT2D eigenvalue weighted by molar-refractivity contribution is 5.71. The average Bonchev–Trinajstić information content (AvgIpc) is 2.63. The van der Waals surface area contributed by atoms with E-state index in [1.807, 2.05) is 19.1 Å². The van der Waals surface area contributed by atoms with Gasteiger partial charge >= 0.3 is 5.97 Å². The van der Waals surface area contributed by atoms with Crippen molar-refractivity contribution in [3.63, 3.8) is 0 Å². The van der Waals surface area contributed by atoms with Crippen LogP contribution in [0.2, 0.25) is 0 Å². The number of carboxylic acids is 1. The van der Waals surface area contributed by atoms with Crippen molar-refractivity contribution in [2.24, 2.45) is 11.8 Å². The Balaban J connectivity index is 2.03. The summed E-state index contributed by atoms with van der Waals surface area (Å²) in [6.45, 7) is 3.90. The van der Waals surface area contributed by atoms with Crippen LogP contribution in [-0.2, 0) is 11.3 Å². The molecule has 0 radical (unpaired) electrons. The van der Waals surface area contributed by atoms with E-state index < -0.39 is 5.97 Å². The van der Waals surface area contributed by atoms with Crippen molar-refractivity contribution in [2.45, 2.75) is 13.5 Å². The molecule has 0 bridgehead atoms. The first-order valence-corrected chi connectivity index (χ1v) is 5.80. The Kier molecular flexibility index (Phi) is 3.33. The van der Waals surface area contributed by atoms with Crippen LogP contribution in [0.5, 0.6) is 5.75 Å². The molecule has 0 aliphatic carbocycles. The van der Waals surface area contributed by atoms with Crippen LogP contribution in [0.1, 0.15) is 12.5 Å². The van der Waals surface area contributed by atoms with E-state index in [0.29, 0.717) is 13.1 Å². The zero-order valence-electron chi connectivity index (χ0n) is 9.84. The number of benzene rings is 1. The standard InChI is InChI=1S/C13H17NO3/c1-9-6-14(8-11(9)13(16)17)7-10-4-2-3-5-12(10)15/h2-5,9,11,15H,6-8H2,1H3,(H,16,17). The summed E-state index contributed by atoms with van der Waals surface area (Å²) in [5.74, 6) is -0.574. The third-order valence-electron chi connectivity index (χ3n) is 3.39. The van der Waals surface area contributed by atoms with Gasteiger partial charge in [0.05, 0.1) is 5.92 Å². The summed E-state index contributed by atoms with van der Waals surface area (Å²) >= 11 is 0. The number of carbonyl (C=O) groups is 1. The Hall–Kier alpha value is -1.55. The molecule has 2 rings (SSSR count). The molecule has 1 fully saturated rings. The van der Waals surface area contributed by atoms with E-state index in [-0.39, 0.29) is 17.6 Å². The van der Waals surface area contributed by atoms with Crippen LogP contribution in [0, 0.1) is 11.8 Å². The predicted octanol–water partition coefficient (Wildman–Crippen LogP) is 1.54. The third-order valence-corrected chi connectivity index (χ3v) is 3.39. The molecule has 1 heterocycles. The predicted molar refractivity (Wildman–Crippen MR) is 63.7 cm³/mol. The Labute approximate surface area is 100 Å². The van der Waals surface area contributed by atoms with Crippen molar-refractivity contribution in [1.29, 1.82) is 0 Å². The zero-order valence-corrected chi connectivity index (χ0v) is 9.84. The lowest BCUT2D eigenvalue weighted by atomic mass is 9.99. The van der Waals surface area contributed by atoms with Gasteiger partial charge in [-0.1, -0.05) is 25.1 Å². The minimum Gasteiger partial charge on any atom is -0.508 e. The van der Waals surface area contributed by atoms with E-state index in [4.69, 9.17) is 5.11 Å². The first-order valence-electron chi connectivity index (χ1n) is 5.80. The number of phenols is 1. The molecule has 1 aromatic rings. The average molecular weight is 235 g/mol. The van der Waals surface area contributed by atoms with E-state index >= 15 is 0 Å². The van der Waals surface area contributed by atoms with Gasteiger partial charge in [-0.25, -0.2) is 0 Å². The summed E-state index contributed by atoms with van der Waals surface area (Å²) in [7, 11) is 0. The van der Waals surface area contributed by atoms with Gasteiger partial charge in [-0.15, -0.1) is 0 Å². The zero-order chi connectivity index (χ0) is 12.4. The molecule has 17 heavy (non-hydrogen) atoms. The molecule has 92 valence electrons. The van der Waals surface area contributed by atoms with Crippen molar-refractivity contribution in [1.82, 2.24) is 4.90 Å². The van der Waals surface area contributed by atoms with Gasteiger partial charge in [0, 0.05) is 25.2 Å². The molecule has 2 N–H and O–H groups in total. The van der Waals surface area contributed by atoms with Gasteiger partial charge in [0.25, 0.3) is 0 Å². The Morgan fingerprint density at radius 3 is 2.71 bits per heavy atom. The number of likely N-dealkylation sites (tertiary alicyclic amines) is 1. The number of aromatic hydroxyl groups is 1. The molecule has 2 atom stereocenters. The van der Waals surface area contributed by atoms with E-state index in [2.05, 4.69) is 4.90 Å². The topological polar surface area (TPSA) is 60.8 Å². The van der Waals surface area contributed by atoms with E-state index in [1.54, 1.807) is 12.1 Å². The maximum Gasteiger partial charge on any atom is 0.308 e. The number of phenolic OH excluding ortho intramolecular Hbond substituents is 1. The molecule has 1 aromatic carbocycles. The summed E-state index contributed by atoms with van der Waals surface area (Å²) in [4.78, 5) is 13.1. The molecule has 0 spiro atoms. The Morgan fingerprint density at radius 1 is 1.41 bits per heavy atom. The van der Waals surface area contributed by atoms with Crippen LogP contribution in [-0.4, -0.2) is 34.2 Å². The number of rotatable bonds is 3. The number of para-hydroxylation sites is 1. The smallest absolute Gasteiger partial charge is 0.308 e. The molecule has 0 aromatic heterocycles. The van der Waals surface area contributed by atoms with Gasteiger partial charge < -0.3 is 10.2 Å². The third kappa shape index (κ3) is 2.58. The minimum atomic E-state index is -0.725. The number of nitrogens with zero attached hydrogens (tertiary/aromatic N) is 1. The van der Waals surface area contributed by atoms with Crippen LogP contribution in [0.4, 0.5) is 0 Å². The molecular formula is C13H17NO3. The van der Waals surface area contributed by atoms with Gasteiger partial charge in [0.15, 0.2) is 0 Å². The van der Waals surface area contributed by atoms with Crippen LogP contribution in [0.15, 0.2) is 24.3 Å². The lowest BCUT2D eigenvalue weighted by molar-refractivity contribution is -0.142. The largest absolute Gasteiger partial charge is 0.508 e. The summed E-state index contributed by atoms with van der Waals surface area (Å²) in [5.41, 5.74) is 0.853. The number of hydrogen-bond acceptors (Lipinski definition) is 3. The number of hydrogen-bond donors (Lipinski definition) is 2. The van der Waals surface area contributed by atoms with Crippen molar-refractivity contribution in [3.8, 4) is 5.75 Å². The number of carboxylic acid groups (broad SMARTS) is 1.